The van der Waals surface area contributed by atoms with Gasteiger partial charge in [-0.1, -0.05) is 6.07 Å². The van der Waals surface area contributed by atoms with Gasteiger partial charge in [0.1, 0.15) is 23.7 Å². The zero-order valence-electron chi connectivity index (χ0n) is 11.9. The molecule has 0 atom stereocenters. The van der Waals surface area contributed by atoms with Gasteiger partial charge in [0, 0.05) is 16.6 Å². The van der Waals surface area contributed by atoms with Crippen LogP contribution in [0.15, 0.2) is 42.7 Å². The van der Waals surface area contributed by atoms with Crippen molar-refractivity contribution in [3.8, 4) is 5.75 Å². The molecule has 0 spiro atoms. The summed E-state index contributed by atoms with van der Waals surface area (Å²) in [7, 11) is 1.53. The molecule has 0 aliphatic carbocycles. The summed E-state index contributed by atoms with van der Waals surface area (Å²) in [6, 6.07) is 9.62. The molecule has 6 heteroatoms. The molecule has 22 heavy (non-hydrogen) atoms. The van der Waals surface area contributed by atoms with Gasteiger partial charge in [-0.15, -0.1) is 0 Å². The van der Waals surface area contributed by atoms with E-state index in [2.05, 4.69) is 15.3 Å². The Morgan fingerprint density at radius 3 is 2.82 bits per heavy atom. The van der Waals surface area contributed by atoms with Crippen molar-refractivity contribution in [2.24, 2.45) is 0 Å². The molecular weight excluding hydrogens is 285 g/mol. The first-order valence-corrected chi connectivity index (χ1v) is 6.66. The van der Waals surface area contributed by atoms with E-state index in [1.165, 1.54) is 25.6 Å². The Bertz CT molecular complexity index is 824. The highest BCUT2D eigenvalue weighted by Crippen LogP contribution is 2.30. The molecule has 3 rings (SSSR count). The minimum atomic E-state index is -0.330. The molecule has 2 N–H and O–H groups in total. The summed E-state index contributed by atoms with van der Waals surface area (Å²) in [5.74, 6) is 0.758. The first-order chi connectivity index (χ1) is 10.7. The normalized spacial score (nSPS) is 10.7. The number of nitrogens with one attached hydrogen (secondary N) is 1. The zero-order chi connectivity index (χ0) is 15.5. The molecule has 0 fully saturated rings. The number of nitrogens with zero attached hydrogens (tertiary/aromatic N) is 2. The maximum absolute atomic E-state index is 13.3. The summed E-state index contributed by atoms with van der Waals surface area (Å²) >= 11 is 0. The second-order valence-electron chi connectivity index (χ2n) is 4.70. The first-order valence-electron chi connectivity index (χ1n) is 6.66. The number of fused-ring (bicyclic) bond motifs is 1. The van der Waals surface area contributed by atoms with Gasteiger partial charge in [0.15, 0.2) is 0 Å². The zero-order valence-corrected chi connectivity index (χ0v) is 11.9. The summed E-state index contributed by atoms with van der Waals surface area (Å²) in [4.78, 5) is 8.39. The van der Waals surface area contributed by atoms with E-state index in [1.807, 2.05) is 0 Å². The fraction of sp³-hybridized carbons (Fsp3) is 0.125. The lowest BCUT2D eigenvalue weighted by Gasteiger charge is -2.11. The van der Waals surface area contributed by atoms with E-state index in [9.17, 15) is 9.50 Å². The van der Waals surface area contributed by atoms with Crippen LogP contribution in [0.4, 0.5) is 15.9 Å². The minimum Gasteiger partial charge on any atom is -0.496 e. The lowest BCUT2D eigenvalue weighted by atomic mass is 10.1. The van der Waals surface area contributed by atoms with E-state index in [4.69, 9.17) is 4.74 Å². The van der Waals surface area contributed by atoms with Crippen LogP contribution in [-0.4, -0.2) is 22.2 Å². The Kier molecular flexibility index (Phi) is 3.84. The van der Waals surface area contributed by atoms with Gasteiger partial charge in [-0.25, -0.2) is 14.4 Å². The number of benzene rings is 2. The summed E-state index contributed by atoms with van der Waals surface area (Å²) in [6.45, 7) is -0.143. The summed E-state index contributed by atoms with van der Waals surface area (Å²) < 4.78 is 18.5. The maximum Gasteiger partial charge on any atom is 0.141 e. The molecule has 2 aromatic carbocycles. The van der Waals surface area contributed by atoms with Crippen molar-refractivity contribution in [2.45, 2.75) is 6.61 Å². The Morgan fingerprint density at radius 1 is 1.23 bits per heavy atom. The van der Waals surface area contributed by atoms with Gasteiger partial charge in [-0.3, -0.25) is 0 Å². The highest BCUT2D eigenvalue weighted by atomic mass is 19.1. The van der Waals surface area contributed by atoms with E-state index in [1.54, 1.807) is 24.3 Å². The third kappa shape index (κ3) is 2.68. The van der Waals surface area contributed by atoms with E-state index in [-0.39, 0.29) is 12.4 Å². The molecule has 0 aliphatic heterocycles. The van der Waals surface area contributed by atoms with Crippen LogP contribution < -0.4 is 10.1 Å². The molecule has 0 saturated heterocycles. The smallest absolute Gasteiger partial charge is 0.141 e. The van der Waals surface area contributed by atoms with E-state index < -0.39 is 0 Å². The Hall–Kier alpha value is -2.73. The lowest BCUT2D eigenvalue weighted by molar-refractivity contribution is 0.274. The highest BCUT2D eigenvalue weighted by molar-refractivity contribution is 5.92. The van der Waals surface area contributed by atoms with Crippen molar-refractivity contribution >= 4 is 22.4 Å². The molecule has 0 unspecified atom stereocenters. The second kappa shape index (κ2) is 5.95. The number of methoxy groups -OCH3 is 1. The van der Waals surface area contributed by atoms with E-state index in [0.29, 0.717) is 28.3 Å². The van der Waals surface area contributed by atoms with Gasteiger partial charge in [-0.2, -0.15) is 0 Å². The number of anilines is 2. The van der Waals surface area contributed by atoms with Crippen LogP contribution in [0.25, 0.3) is 10.9 Å². The highest BCUT2D eigenvalue weighted by Gasteiger charge is 2.10. The van der Waals surface area contributed by atoms with Crippen LogP contribution in [0.2, 0.25) is 0 Å². The number of aromatic nitrogens is 2. The van der Waals surface area contributed by atoms with E-state index in [0.717, 1.165) is 5.39 Å². The topological polar surface area (TPSA) is 67.3 Å². The molecule has 3 aromatic rings. The molecular formula is C16H14FN3O2. The molecule has 1 heterocycles. The summed E-state index contributed by atoms with van der Waals surface area (Å²) in [5, 5.41) is 13.2. The van der Waals surface area contributed by atoms with Crippen molar-refractivity contribution in [3.05, 3.63) is 54.1 Å². The lowest BCUT2D eigenvalue weighted by Crippen LogP contribution is -1.99. The quantitative estimate of drug-likeness (QED) is 0.775. The number of aliphatic hydroxyl groups is 1. The van der Waals surface area contributed by atoms with Crippen LogP contribution in [0, 0.1) is 5.82 Å². The average molecular weight is 299 g/mol. The van der Waals surface area contributed by atoms with Crippen LogP contribution >= 0.6 is 0 Å². The molecule has 0 radical (unpaired) electrons. The van der Waals surface area contributed by atoms with Gasteiger partial charge in [0.2, 0.25) is 0 Å². The monoisotopic (exact) mass is 299 g/mol. The van der Waals surface area contributed by atoms with Gasteiger partial charge >= 0.3 is 0 Å². The predicted molar refractivity (Wildman–Crippen MR) is 81.7 cm³/mol. The molecule has 112 valence electrons. The number of rotatable bonds is 4. The standard InChI is InChI=1S/C16H14FN3O2/c1-22-15-7-13-14(5-10(15)8-21)18-9-19-16(13)20-12-4-2-3-11(17)6-12/h2-7,9,21H,8H2,1H3,(H,18,19,20). The summed E-state index contributed by atoms with van der Waals surface area (Å²) in [5.41, 5.74) is 1.90. The maximum atomic E-state index is 13.3. The molecule has 0 aliphatic rings. The van der Waals surface area contributed by atoms with Crippen LogP contribution in [-0.2, 0) is 6.61 Å². The van der Waals surface area contributed by atoms with Crippen molar-refractivity contribution in [1.82, 2.24) is 9.97 Å². The summed E-state index contributed by atoms with van der Waals surface area (Å²) in [6.07, 6.45) is 1.41. The van der Waals surface area contributed by atoms with Crippen LogP contribution in [0.5, 0.6) is 5.75 Å². The van der Waals surface area contributed by atoms with Gasteiger partial charge in [-0.05, 0) is 30.3 Å². The number of aliphatic hydroxyl groups excluding tert-OH is 1. The Morgan fingerprint density at radius 2 is 2.09 bits per heavy atom. The molecule has 0 amide bonds. The van der Waals surface area contributed by atoms with Gasteiger partial charge in [0.25, 0.3) is 0 Å². The third-order valence-corrected chi connectivity index (χ3v) is 3.30. The predicted octanol–water partition coefficient (Wildman–Crippen LogP) is 3.01. The van der Waals surface area contributed by atoms with Gasteiger partial charge in [0.05, 0.1) is 19.2 Å². The van der Waals surface area contributed by atoms with E-state index >= 15 is 0 Å². The van der Waals surface area contributed by atoms with Gasteiger partial charge < -0.3 is 15.2 Å². The SMILES string of the molecule is COc1cc2c(Nc3cccc(F)c3)ncnc2cc1CO. The Labute approximate surface area is 126 Å². The van der Waals surface area contributed by atoms with Crippen LogP contribution in [0.3, 0.4) is 0 Å². The fourth-order valence-corrected chi connectivity index (χ4v) is 2.24. The molecule has 1 aromatic heterocycles. The fourth-order valence-electron chi connectivity index (χ4n) is 2.24. The number of hydrogen-bond donors (Lipinski definition) is 2. The number of ether oxygens (including phenoxy) is 1. The molecule has 5 nitrogen and oxygen atoms in total. The largest absolute Gasteiger partial charge is 0.496 e. The first kappa shape index (κ1) is 14.2. The minimum absolute atomic E-state index is 0.143. The Balaban J connectivity index is 2.09. The van der Waals surface area contributed by atoms with Crippen LogP contribution in [0.1, 0.15) is 5.56 Å². The van der Waals surface area contributed by atoms with Crippen molar-refractivity contribution < 1.29 is 14.2 Å². The second-order valence-corrected chi connectivity index (χ2v) is 4.70. The number of halogens is 1. The molecule has 0 bridgehead atoms. The number of hydrogen-bond acceptors (Lipinski definition) is 5. The third-order valence-electron chi connectivity index (χ3n) is 3.30. The van der Waals surface area contributed by atoms with Crippen molar-refractivity contribution in [2.75, 3.05) is 12.4 Å². The molecule has 0 saturated carbocycles. The van der Waals surface area contributed by atoms with Crippen molar-refractivity contribution in [3.63, 3.8) is 0 Å². The van der Waals surface area contributed by atoms with Crippen molar-refractivity contribution in [1.29, 1.82) is 0 Å². The average Bonchev–Trinajstić information content (AvgIpc) is 2.54.